The molecule has 4 heterocycles. The number of nitriles is 1. The number of hydrogen-bond acceptors (Lipinski definition) is 7. The first-order valence-corrected chi connectivity index (χ1v) is 12.0. The van der Waals surface area contributed by atoms with Gasteiger partial charge in [0.2, 0.25) is 5.88 Å². The van der Waals surface area contributed by atoms with Gasteiger partial charge in [-0.1, -0.05) is 0 Å². The van der Waals surface area contributed by atoms with E-state index < -0.39 is 28.9 Å². The Hall–Kier alpha value is -3.30. The summed E-state index contributed by atoms with van der Waals surface area (Å²) in [6, 6.07) is 5.69. The van der Waals surface area contributed by atoms with Gasteiger partial charge in [-0.05, 0) is 63.5 Å². The number of carbonyl (C=O) groups is 1. The molecule has 0 radical (unpaired) electrons. The summed E-state index contributed by atoms with van der Waals surface area (Å²) < 4.78 is 46.6. The van der Waals surface area contributed by atoms with Crippen LogP contribution in [0.3, 0.4) is 0 Å². The van der Waals surface area contributed by atoms with Crippen LogP contribution in [0.15, 0.2) is 30.6 Å². The van der Waals surface area contributed by atoms with Crippen molar-refractivity contribution in [3.8, 4) is 11.9 Å². The average molecular weight is 517 g/mol. The van der Waals surface area contributed by atoms with Gasteiger partial charge >= 0.3 is 6.18 Å². The maximum absolute atomic E-state index is 13.5. The summed E-state index contributed by atoms with van der Waals surface area (Å²) in [7, 11) is 2.07. The molecule has 0 aromatic carbocycles. The van der Waals surface area contributed by atoms with E-state index in [1.165, 1.54) is 6.07 Å². The lowest BCUT2D eigenvalue weighted by atomic mass is 9.75. The van der Waals surface area contributed by atoms with Crippen LogP contribution in [-0.4, -0.2) is 57.7 Å². The second-order valence-electron chi connectivity index (χ2n) is 9.32. The first kappa shape index (κ1) is 24.4. The predicted molar refractivity (Wildman–Crippen MR) is 128 cm³/mol. The molecule has 188 valence electrons. The van der Waals surface area contributed by atoms with Crippen LogP contribution >= 0.6 is 12.2 Å². The highest BCUT2D eigenvalue weighted by atomic mass is 32.1. The first-order chi connectivity index (χ1) is 17.1. The summed E-state index contributed by atoms with van der Waals surface area (Å²) in [5.74, 6) is 0.0559. The minimum absolute atomic E-state index is 0.0464. The van der Waals surface area contributed by atoms with Crippen LogP contribution in [0, 0.1) is 11.3 Å². The van der Waals surface area contributed by atoms with E-state index in [1.54, 1.807) is 23.2 Å². The Labute approximate surface area is 211 Å². The van der Waals surface area contributed by atoms with Crippen molar-refractivity contribution < 1.29 is 22.7 Å². The summed E-state index contributed by atoms with van der Waals surface area (Å²) in [5, 5.41) is 9.10. The number of nitrogens with zero attached hydrogens (tertiary/aromatic N) is 6. The number of carbonyl (C=O) groups excluding carboxylic acids is 1. The molecule has 3 aliphatic rings. The van der Waals surface area contributed by atoms with Crippen LogP contribution < -0.4 is 14.5 Å². The normalized spacial score (nSPS) is 20.5. The maximum Gasteiger partial charge on any atom is 0.419 e. The van der Waals surface area contributed by atoms with Crippen molar-refractivity contribution in [2.24, 2.45) is 0 Å². The third kappa shape index (κ3) is 4.06. The van der Waals surface area contributed by atoms with E-state index in [4.69, 9.17) is 22.2 Å². The number of thiocarbonyl (C=S) groups is 1. The molecule has 0 N–H and O–H groups in total. The Bertz CT molecular complexity index is 1230. The summed E-state index contributed by atoms with van der Waals surface area (Å²) in [4.78, 5) is 26.6. The minimum Gasteiger partial charge on any atom is -0.474 e. The van der Waals surface area contributed by atoms with Crippen molar-refractivity contribution in [3.63, 3.8) is 0 Å². The summed E-state index contributed by atoms with van der Waals surface area (Å²) in [6.45, 7) is 1.90. The highest BCUT2D eigenvalue weighted by Gasteiger charge is 2.60. The molecule has 1 saturated carbocycles. The van der Waals surface area contributed by atoms with Gasteiger partial charge in [0.15, 0.2) is 10.8 Å². The summed E-state index contributed by atoms with van der Waals surface area (Å²) in [5.41, 5.74) is -2.52. The van der Waals surface area contributed by atoms with Crippen molar-refractivity contribution in [1.29, 1.82) is 5.26 Å². The van der Waals surface area contributed by atoms with Crippen molar-refractivity contribution in [2.75, 3.05) is 29.9 Å². The number of ether oxygens (including phenoxy) is 1. The molecule has 0 unspecified atom stereocenters. The molecular formula is C24H23F3N6O2S. The van der Waals surface area contributed by atoms with Crippen molar-refractivity contribution in [2.45, 2.75) is 49.9 Å². The number of rotatable bonds is 4. The number of halogens is 3. The van der Waals surface area contributed by atoms with Crippen LogP contribution in [-0.2, 0) is 11.0 Å². The van der Waals surface area contributed by atoms with Gasteiger partial charge in [-0.3, -0.25) is 9.69 Å². The van der Waals surface area contributed by atoms with Gasteiger partial charge in [0.25, 0.3) is 5.91 Å². The minimum atomic E-state index is -4.81. The molecule has 1 amide bonds. The smallest absolute Gasteiger partial charge is 0.419 e. The van der Waals surface area contributed by atoms with E-state index in [9.17, 15) is 18.0 Å². The molecule has 2 aliphatic heterocycles. The van der Waals surface area contributed by atoms with E-state index in [1.807, 2.05) is 0 Å². The molecule has 1 spiro atoms. The molecule has 2 saturated heterocycles. The Balaban J connectivity index is 1.43. The average Bonchev–Trinajstić information content (AvgIpc) is 3.07. The summed E-state index contributed by atoms with van der Waals surface area (Å²) in [6.07, 6.45) is 1.52. The zero-order chi connectivity index (χ0) is 25.7. The second-order valence-corrected chi connectivity index (χ2v) is 9.68. The SMILES string of the molecule is CN1CCC(Oc2ccc(N3C(=S)N(c4cnc(C#N)c(C(F)(F)F)c4)C(=O)C34CCC4)cn2)CC1. The van der Waals surface area contributed by atoms with Crippen LogP contribution in [0.4, 0.5) is 24.5 Å². The first-order valence-electron chi connectivity index (χ1n) is 11.6. The van der Waals surface area contributed by atoms with Crippen LogP contribution in [0.1, 0.15) is 43.4 Å². The zero-order valence-electron chi connectivity index (χ0n) is 19.5. The Morgan fingerprint density at radius 2 is 1.86 bits per heavy atom. The highest BCUT2D eigenvalue weighted by Crippen LogP contribution is 2.48. The molecule has 3 fully saturated rings. The molecule has 5 rings (SSSR count). The van der Waals surface area contributed by atoms with Gasteiger partial charge in [0.05, 0.1) is 29.3 Å². The van der Waals surface area contributed by atoms with Gasteiger partial charge in [0.1, 0.15) is 17.7 Å². The van der Waals surface area contributed by atoms with E-state index in [0.29, 0.717) is 24.4 Å². The van der Waals surface area contributed by atoms with Gasteiger partial charge in [0, 0.05) is 19.2 Å². The third-order valence-corrected chi connectivity index (χ3v) is 7.43. The lowest BCUT2D eigenvalue weighted by Crippen LogP contribution is -2.55. The van der Waals surface area contributed by atoms with Crippen LogP contribution in [0.5, 0.6) is 5.88 Å². The fraction of sp³-hybridized carbons (Fsp3) is 0.458. The lowest BCUT2D eigenvalue weighted by molar-refractivity contribution is -0.138. The van der Waals surface area contributed by atoms with E-state index >= 15 is 0 Å². The van der Waals surface area contributed by atoms with Crippen molar-refractivity contribution in [1.82, 2.24) is 14.9 Å². The topological polar surface area (TPSA) is 85.6 Å². The van der Waals surface area contributed by atoms with E-state index in [-0.39, 0.29) is 16.9 Å². The lowest BCUT2D eigenvalue weighted by Gasteiger charge is -2.42. The summed E-state index contributed by atoms with van der Waals surface area (Å²) >= 11 is 5.62. The number of likely N-dealkylation sites (tertiary alicyclic amines) is 1. The van der Waals surface area contributed by atoms with E-state index in [2.05, 4.69) is 21.9 Å². The fourth-order valence-electron chi connectivity index (χ4n) is 4.94. The number of amides is 1. The van der Waals surface area contributed by atoms with Crippen LogP contribution in [0.2, 0.25) is 0 Å². The van der Waals surface area contributed by atoms with Crippen molar-refractivity contribution >= 4 is 34.6 Å². The molecular weight excluding hydrogens is 493 g/mol. The number of anilines is 2. The largest absolute Gasteiger partial charge is 0.474 e. The van der Waals surface area contributed by atoms with E-state index in [0.717, 1.165) is 49.5 Å². The number of pyridine rings is 2. The Kier molecular flexibility index (Phi) is 6.08. The quantitative estimate of drug-likeness (QED) is 0.566. The molecule has 1 aliphatic carbocycles. The molecule has 8 nitrogen and oxygen atoms in total. The van der Waals surface area contributed by atoms with Gasteiger partial charge in [-0.15, -0.1) is 0 Å². The standard InChI is InChI=1S/C24H23F3N6O2S/c1-31-9-5-17(6-10-31)35-20-4-3-15(13-30-20)33-22(36)32(21(34)23(33)7-2-8-23)16-11-18(24(25,26)27)19(12-28)29-14-16/h3-4,11,13-14,17H,2,5-10H2,1H3. The molecule has 36 heavy (non-hydrogen) atoms. The Morgan fingerprint density at radius 1 is 1.17 bits per heavy atom. The third-order valence-electron chi connectivity index (χ3n) is 7.07. The monoisotopic (exact) mass is 516 g/mol. The Morgan fingerprint density at radius 3 is 2.42 bits per heavy atom. The maximum atomic E-state index is 13.5. The fourth-order valence-corrected chi connectivity index (χ4v) is 5.41. The zero-order valence-corrected chi connectivity index (χ0v) is 20.3. The van der Waals surface area contributed by atoms with Gasteiger partial charge in [-0.25, -0.2) is 9.97 Å². The number of alkyl halides is 3. The molecule has 12 heteroatoms. The number of aromatic nitrogens is 2. The van der Waals surface area contributed by atoms with Crippen molar-refractivity contribution in [3.05, 3.63) is 41.9 Å². The predicted octanol–water partition coefficient (Wildman–Crippen LogP) is 3.90. The molecule has 0 atom stereocenters. The molecule has 2 aromatic heterocycles. The van der Waals surface area contributed by atoms with Gasteiger partial charge < -0.3 is 14.5 Å². The number of piperidine rings is 1. The number of hydrogen-bond donors (Lipinski definition) is 0. The molecule has 2 aromatic rings. The second kappa shape index (κ2) is 8.97. The van der Waals surface area contributed by atoms with Gasteiger partial charge in [-0.2, -0.15) is 18.4 Å². The van der Waals surface area contributed by atoms with Crippen LogP contribution in [0.25, 0.3) is 0 Å². The molecule has 0 bridgehead atoms. The highest BCUT2D eigenvalue weighted by molar-refractivity contribution is 7.81.